The third-order valence-electron chi connectivity index (χ3n) is 7.61. The number of thiazole rings is 2. The van der Waals surface area contributed by atoms with Crippen LogP contribution in [0.1, 0.15) is 69.2 Å². The van der Waals surface area contributed by atoms with Gasteiger partial charge in [-0.05, 0) is 96.6 Å². The number of nitrogens with one attached hydrogen (secondary N) is 2. The first kappa shape index (κ1) is 49.2. The number of aromatic nitrogens is 2. The van der Waals surface area contributed by atoms with Crippen LogP contribution in [0.25, 0.3) is 0 Å². The quantitative estimate of drug-likeness (QED) is 0.0840. The summed E-state index contributed by atoms with van der Waals surface area (Å²) in [6.45, 7) is 17.7. The molecule has 0 spiro atoms. The minimum absolute atomic E-state index is 0.0354. The molecule has 2 amide bonds. The monoisotopic (exact) mass is 944 g/mol. The molecule has 0 saturated carbocycles. The summed E-state index contributed by atoms with van der Waals surface area (Å²) >= 11 is 2.48. The molecule has 1 fully saturated rings. The summed E-state index contributed by atoms with van der Waals surface area (Å²) in [6.07, 6.45) is 2.25. The number of hydrogen-bond acceptors (Lipinski definition) is 16. The van der Waals surface area contributed by atoms with Crippen molar-refractivity contribution in [1.29, 1.82) is 0 Å². The third-order valence-corrected chi connectivity index (χ3v) is 16.8. The van der Waals surface area contributed by atoms with Gasteiger partial charge in [0.15, 0.2) is 35.8 Å². The average Bonchev–Trinajstić information content (AvgIpc) is 3.74. The number of rotatable bonds is 15. The second-order valence-electron chi connectivity index (χ2n) is 15.9. The van der Waals surface area contributed by atoms with Gasteiger partial charge in [-0.3, -0.25) is 24.6 Å². The molecule has 5 rings (SSSR count). The summed E-state index contributed by atoms with van der Waals surface area (Å²) < 4.78 is 82.0. The fourth-order valence-corrected chi connectivity index (χ4v) is 14.7. The maximum Gasteiger partial charge on any atom is 0.413 e. The van der Waals surface area contributed by atoms with E-state index in [-0.39, 0.29) is 28.9 Å². The van der Waals surface area contributed by atoms with Crippen LogP contribution in [-0.2, 0) is 49.3 Å². The lowest BCUT2D eigenvalue weighted by atomic mass is 10.2. The summed E-state index contributed by atoms with van der Waals surface area (Å²) in [5, 5.41) is 9.57. The summed E-state index contributed by atoms with van der Waals surface area (Å²) in [4.78, 5) is 33.6. The predicted octanol–water partition coefficient (Wildman–Crippen LogP) is 10.6. The van der Waals surface area contributed by atoms with E-state index < -0.39 is 50.7 Å². The molecule has 0 aliphatic carbocycles. The van der Waals surface area contributed by atoms with Crippen LogP contribution in [0.5, 0.6) is 17.2 Å². The molecule has 60 heavy (non-hydrogen) atoms. The number of nitrogens with zero attached hydrogens (tertiary/aromatic N) is 2. The van der Waals surface area contributed by atoms with Crippen molar-refractivity contribution >= 4 is 78.1 Å². The topological polar surface area (TPSA) is 208 Å². The molecule has 22 heteroatoms. The zero-order chi connectivity index (χ0) is 44.5. The van der Waals surface area contributed by atoms with E-state index in [1.54, 1.807) is 68.5 Å². The van der Waals surface area contributed by atoms with Crippen molar-refractivity contribution in [2.75, 3.05) is 36.8 Å². The van der Waals surface area contributed by atoms with Gasteiger partial charge in [0.2, 0.25) is 0 Å². The van der Waals surface area contributed by atoms with Gasteiger partial charge in [0.05, 0.1) is 47.9 Å². The highest BCUT2D eigenvalue weighted by Crippen LogP contribution is 2.53. The van der Waals surface area contributed by atoms with Gasteiger partial charge in [0.25, 0.3) is 5.91 Å². The Morgan fingerprint density at radius 3 is 2.12 bits per heavy atom. The van der Waals surface area contributed by atoms with Gasteiger partial charge >= 0.3 is 13.7 Å². The lowest BCUT2D eigenvalue weighted by Gasteiger charge is -2.23. The highest BCUT2D eigenvalue weighted by molar-refractivity contribution is 7.90. The first-order chi connectivity index (χ1) is 27.8. The largest absolute Gasteiger partial charge is 0.491 e. The zero-order valence-electron chi connectivity index (χ0n) is 35.4. The molecule has 4 aromatic rings. The second kappa shape index (κ2) is 20.6. The third kappa shape index (κ3) is 17.1. The Balaban J connectivity index is 0.000000308. The van der Waals surface area contributed by atoms with Crippen molar-refractivity contribution in [1.82, 2.24) is 9.97 Å². The molecule has 2 N–H and O–H groups in total. The molecule has 3 heterocycles. The van der Waals surface area contributed by atoms with E-state index in [1.165, 1.54) is 34.8 Å². The van der Waals surface area contributed by atoms with Crippen molar-refractivity contribution in [3.05, 3.63) is 70.2 Å². The number of amides is 2. The molecule has 0 bridgehead atoms. The summed E-state index contributed by atoms with van der Waals surface area (Å²) in [6, 6.07) is 10.8. The maximum atomic E-state index is 13.1. The van der Waals surface area contributed by atoms with E-state index in [0.29, 0.717) is 58.5 Å². The van der Waals surface area contributed by atoms with Crippen molar-refractivity contribution in [3.8, 4) is 17.2 Å². The van der Waals surface area contributed by atoms with Crippen LogP contribution in [-0.4, -0.2) is 76.5 Å². The standard InChI is InChI=1S/C25H29N2O8PS2.C13H25N2O4PSSi/c1-4-17(2)34-21-12-18(13-22(14-21)35-20-6-8-23(9-7-20)38(3,30)31)24(28)27-25-26-19(16-37-25)15-36(29)32-10-5-11-33-36;1-13(2,3)18-12(16)15-11-14-10(9-21-11)8-20(4,17)19-22(5,6)7/h6-9,12-14,16-17H,4-5,10-11,15H2,1-3H3,(H,26,27,28);9H,8H2,1-7H3,(H,14,15,16)/t17-;/m0./s1. The Morgan fingerprint density at radius 1 is 0.950 bits per heavy atom. The first-order valence-electron chi connectivity index (χ1n) is 18.9. The highest BCUT2D eigenvalue weighted by Gasteiger charge is 2.30. The molecule has 0 radical (unpaired) electrons. The molecule has 16 nitrogen and oxygen atoms in total. The van der Waals surface area contributed by atoms with E-state index in [2.05, 4.69) is 20.6 Å². The molecule has 330 valence electrons. The summed E-state index contributed by atoms with van der Waals surface area (Å²) in [5.74, 6) is 0.748. The van der Waals surface area contributed by atoms with Gasteiger partial charge in [0.1, 0.15) is 22.8 Å². The van der Waals surface area contributed by atoms with Crippen molar-refractivity contribution < 1.29 is 54.6 Å². The fourth-order valence-electron chi connectivity index (χ4n) is 5.17. The molecule has 1 aliphatic rings. The number of ether oxygens (including phenoxy) is 3. The molecular weight excluding hydrogens is 891 g/mol. The number of sulfone groups is 1. The normalized spacial score (nSPS) is 15.7. The lowest BCUT2D eigenvalue weighted by Crippen LogP contribution is -2.27. The smallest absolute Gasteiger partial charge is 0.413 e. The highest BCUT2D eigenvalue weighted by atomic mass is 32.2. The minimum Gasteiger partial charge on any atom is -0.491 e. The van der Waals surface area contributed by atoms with Crippen LogP contribution in [0.3, 0.4) is 0 Å². The van der Waals surface area contributed by atoms with Crippen LogP contribution in [0, 0.1) is 0 Å². The van der Waals surface area contributed by atoms with E-state index >= 15 is 0 Å². The average molecular weight is 945 g/mol. The summed E-state index contributed by atoms with van der Waals surface area (Å²) in [5.41, 5.74) is 0.872. The molecule has 1 unspecified atom stereocenters. The molecule has 1 saturated heterocycles. The maximum absolute atomic E-state index is 13.1. The molecular formula is C38H54N4O12P2S3Si. The van der Waals surface area contributed by atoms with Gasteiger partial charge in [-0.25, -0.2) is 23.2 Å². The minimum atomic E-state index is -3.34. The Kier molecular flexibility index (Phi) is 16.9. The molecule has 2 atom stereocenters. The SMILES string of the molecule is CC(C)(C)OC(=O)Nc1nc(CP(C)(=O)O[Si](C)(C)C)cs1.CC[C@H](C)Oc1cc(Oc2ccc(S(C)(=O)=O)cc2)cc(C(=O)Nc2nc(CP3(=O)OCCCO3)cs2)c1. The Labute approximate surface area is 361 Å². The Morgan fingerprint density at radius 2 is 1.53 bits per heavy atom. The van der Waals surface area contributed by atoms with Crippen molar-refractivity contribution in [3.63, 3.8) is 0 Å². The van der Waals surface area contributed by atoms with E-state index in [0.717, 1.165) is 12.7 Å². The zero-order valence-corrected chi connectivity index (χ0v) is 40.7. The van der Waals surface area contributed by atoms with E-state index in [4.69, 9.17) is 27.5 Å². The van der Waals surface area contributed by atoms with Gasteiger partial charge in [-0.1, -0.05) is 6.92 Å². The second-order valence-corrected chi connectivity index (χ2v) is 29.0. The Hall–Kier alpha value is -3.45. The lowest BCUT2D eigenvalue weighted by molar-refractivity contribution is 0.0635. The first-order valence-corrected chi connectivity index (χ1v) is 30.0. The molecule has 2 aromatic heterocycles. The van der Waals surface area contributed by atoms with Crippen LogP contribution >= 0.6 is 37.6 Å². The van der Waals surface area contributed by atoms with Gasteiger partial charge < -0.3 is 27.5 Å². The van der Waals surface area contributed by atoms with Gasteiger partial charge in [-0.2, -0.15) is 0 Å². The summed E-state index contributed by atoms with van der Waals surface area (Å²) in [7, 11) is -11.2. The van der Waals surface area contributed by atoms with E-state index in [1.807, 2.05) is 33.5 Å². The van der Waals surface area contributed by atoms with Crippen LogP contribution < -0.4 is 20.1 Å². The number of benzene rings is 2. The fraction of sp³-hybridized carbons (Fsp3) is 0.474. The Bertz CT molecular complexity index is 2300. The number of anilines is 2. The number of carbonyl (C=O) groups is 2. The molecule has 2 aromatic carbocycles. The number of hydrogen-bond donors (Lipinski definition) is 2. The van der Waals surface area contributed by atoms with E-state index in [9.17, 15) is 27.1 Å². The van der Waals surface area contributed by atoms with Crippen molar-refractivity contribution in [2.24, 2.45) is 0 Å². The van der Waals surface area contributed by atoms with Gasteiger partial charge in [0, 0.05) is 35.3 Å². The number of carbonyl (C=O) groups excluding carboxylic acids is 2. The van der Waals surface area contributed by atoms with Gasteiger partial charge in [-0.15, -0.1) is 22.7 Å². The predicted molar refractivity (Wildman–Crippen MR) is 238 cm³/mol. The van der Waals surface area contributed by atoms with Crippen LogP contribution in [0.2, 0.25) is 19.6 Å². The van der Waals surface area contributed by atoms with Crippen molar-refractivity contribution in [2.45, 2.75) is 96.0 Å². The van der Waals surface area contributed by atoms with Crippen LogP contribution in [0.15, 0.2) is 58.1 Å². The van der Waals surface area contributed by atoms with Crippen LogP contribution in [0.4, 0.5) is 15.1 Å². The molecule has 1 aliphatic heterocycles.